The lowest BCUT2D eigenvalue weighted by atomic mass is 10.2. The Balaban J connectivity index is 0.00000264. The number of rotatable bonds is 8. The SMILES string of the molecule is CCCCCNC(=NC)NCC(c1cccs1)N1CCCC1.I. The molecule has 23 heavy (non-hydrogen) atoms. The Morgan fingerprint density at radius 3 is 2.70 bits per heavy atom. The Bertz CT molecular complexity index is 430. The van der Waals surface area contributed by atoms with Crippen molar-refractivity contribution in [3.8, 4) is 0 Å². The van der Waals surface area contributed by atoms with Crippen LogP contribution in [0.5, 0.6) is 0 Å². The molecule has 0 saturated carbocycles. The van der Waals surface area contributed by atoms with E-state index in [1.165, 1.54) is 50.1 Å². The van der Waals surface area contributed by atoms with Crippen molar-refractivity contribution in [2.75, 3.05) is 33.2 Å². The summed E-state index contributed by atoms with van der Waals surface area (Å²) in [7, 11) is 1.85. The Morgan fingerprint density at radius 1 is 1.30 bits per heavy atom. The number of nitrogens with one attached hydrogen (secondary N) is 2. The van der Waals surface area contributed by atoms with E-state index in [4.69, 9.17) is 0 Å². The van der Waals surface area contributed by atoms with Gasteiger partial charge in [0.05, 0.1) is 6.04 Å². The van der Waals surface area contributed by atoms with Crippen molar-refractivity contribution in [3.05, 3.63) is 22.4 Å². The average molecular weight is 450 g/mol. The van der Waals surface area contributed by atoms with Gasteiger partial charge in [-0.1, -0.05) is 25.8 Å². The Morgan fingerprint density at radius 2 is 2.09 bits per heavy atom. The predicted octanol–water partition coefficient (Wildman–Crippen LogP) is 3.86. The van der Waals surface area contributed by atoms with Gasteiger partial charge in [-0.05, 0) is 43.8 Å². The van der Waals surface area contributed by atoms with E-state index in [0.29, 0.717) is 6.04 Å². The molecule has 2 N–H and O–H groups in total. The van der Waals surface area contributed by atoms with E-state index in [9.17, 15) is 0 Å². The molecular weight excluding hydrogens is 419 g/mol. The molecule has 0 radical (unpaired) electrons. The number of aliphatic imine (C=N–C) groups is 1. The quantitative estimate of drug-likeness (QED) is 0.274. The van der Waals surface area contributed by atoms with Gasteiger partial charge in [-0.15, -0.1) is 35.3 Å². The van der Waals surface area contributed by atoms with Crippen LogP contribution in [0.25, 0.3) is 0 Å². The summed E-state index contributed by atoms with van der Waals surface area (Å²) in [6, 6.07) is 4.88. The van der Waals surface area contributed by atoms with Gasteiger partial charge in [-0.3, -0.25) is 9.89 Å². The van der Waals surface area contributed by atoms with Gasteiger partial charge in [0, 0.05) is 25.0 Å². The highest BCUT2D eigenvalue weighted by atomic mass is 127. The van der Waals surface area contributed by atoms with Crippen molar-refractivity contribution in [2.24, 2.45) is 4.99 Å². The number of nitrogens with zero attached hydrogens (tertiary/aromatic N) is 2. The number of hydrogen-bond donors (Lipinski definition) is 2. The van der Waals surface area contributed by atoms with Crippen molar-refractivity contribution in [1.82, 2.24) is 15.5 Å². The smallest absolute Gasteiger partial charge is 0.191 e. The number of likely N-dealkylation sites (tertiary alicyclic amines) is 1. The molecule has 0 aromatic carbocycles. The second kappa shape index (κ2) is 12.1. The van der Waals surface area contributed by atoms with Crippen LogP contribution in [-0.4, -0.2) is 44.1 Å². The van der Waals surface area contributed by atoms with Gasteiger partial charge in [0.15, 0.2) is 5.96 Å². The van der Waals surface area contributed by atoms with E-state index in [1.54, 1.807) is 0 Å². The fourth-order valence-corrected chi connectivity index (χ4v) is 3.80. The van der Waals surface area contributed by atoms with Crippen LogP contribution in [0, 0.1) is 0 Å². The molecule has 1 saturated heterocycles. The first-order valence-corrected chi connectivity index (χ1v) is 9.45. The van der Waals surface area contributed by atoms with Crippen LogP contribution >= 0.6 is 35.3 Å². The van der Waals surface area contributed by atoms with Crippen LogP contribution in [0.4, 0.5) is 0 Å². The first kappa shape index (κ1) is 20.7. The van der Waals surface area contributed by atoms with Gasteiger partial charge in [-0.2, -0.15) is 0 Å². The first-order chi connectivity index (χ1) is 10.8. The molecule has 1 aliphatic heterocycles. The molecule has 0 bridgehead atoms. The number of hydrogen-bond acceptors (Lipinski definition) is 3. The fourth-order valence-electron chi connectivity index (χ4n) is 2.94. The van der Waals surface area contributed by atoms with E-state index in [1.807, 2.05) is 18.4 Å². The third-order valence-corrected chi connectivity index (χ3v) is 5.19. The third kappa shape index (κ3) is 6.97. The van der Waals surface area contributed by atoms with E-state index in [-0.39, 0.29) is 24.0 Å². The zero-order chi connectivity index (χ0) is 15.6. The number of unbranched alkanes of at least 4 members (excludes halogenated alkanes) is 2. The Labute approximate surface area is 162 Å². The summed E-state index contributed by atoms with van der Waals surface area (Å²) in [6.45, 7) is 6.59. The summed E-state index contributed by atoms with van der Waals surface area (Å²) in [6.07, 6.45) is 6.38. The minimum Gasteiger partial charge on any atom is -0.356 e. The third-order valence-electron chi connectivity index (χ3n) is 4.21. The van der Waals surface area contributed by atoms with Gasteiger partial charge in [-0.25, -0.2) is 0 Å². The van der Waals surface area contributed by atoms with Gasteiger partial charge in [0.1, 0.15) is 0 Å². The van der Waals surface area contributed by atoms with Gasteiger partial charge in [0.25, 0.3) is 0 Å². The van der Waals surface area contributed by atoms with E-state index < -0.39 is 0 Å². The molecule has 0 aliphatic carbocycles. The molecule has 0 spiro atoms. The summed E-state index contributed by atoms with van der Waals surface area (Å²) in [5, 5.41) is 9.11. The molecule has 0 amide bonds. The van der Waals surface area contributed by atoms with Crippen molar-refractivity contribution in [3.63, 3.8) is 0 Å². The lowest BCUT2D eigenvalue weighted by molar-refractivity contribution is 0.249. The average Bonchev–Trinajstić information content (AvgIpc) is 3.23. The van der Waals surface area contributed by atoms with Crippen molar-refractivity contribution in [2.45, 2.75) is 45.1 Å². The highest BCUT2D eigenvalue weighted by Gasteiger charge is 2.24. The highest BCUT2D eigenvalue weighted by Crippen LogP contribution is 2.27. The lowest BCUT2D eigenvalue weighted by Gasteiger charge is -2.27. The molecule has 1 unspecified atom stereocenters. The highest BCUT2D eigenvalue weighted by molar-refractivity contribution is 14.0. The van der Waals surface area contributed by atoms with Gasteiger partial charge >= 0.3 is 0 Å². The molecule has 1 aliphatic rings. The number of thiophene rings is 1. The maximum atomic E-state index is 4.34. The number of guanidine groups is 1. The topological polar surface area (TPSA) is 39.7 Å². The lowest BCUT2D eigenvalue weighted by Crippen LogP contribution is -2.42. The summed E-state index contributed by atoms with van der Waals surface area (Å²) in [4.78, 5) is 8.40. The van der Waals surface area contributed by atoms with E-state index in [2.05, 4.69) is 45.0 Å². The van der Waals surface area contributed by atoms with Crippen LogP contribution in [0.3, 0.4) is 0 Å². The molecule has 2 heterocycles. The van der Waals surface area contributed by atoms with E-state index in [0.717, 1.165) is 19.0 Å². The summed E-state index contributed by atoms with van der Waals surface area (Å²) in [5.41, 5.74) is 0. The standard InChI is InChI=1S/C17H30N4S.HI/c1-3-4-5-10-19-17(18-2)20-14-15(16-9-8-13-22-16)21-11-6-7-12-21;/h8-9,13,15H,3-7,10-12,14H2,1-2H3,(H2,18,19,20);1H. The molecule has 6 heteroatoms. The number of halogens is 1. The largest absolute Gasteiger partial charge is 0.356 e. The van der Waals surface area contributed by atoms with Crippen LogP contribution in [0.15, 0.2) is 22.5 Å². The predicted molar refractivity (Wildman–Crippen MR) is 112 cm³/mol. The van der Waals surface area contributed by atoms with Crippen LogP contribution in [0.2, 0.25) is 0 Å². The summed E-state index contributed by atoms with van der Waals surface area (Å²) in [5.74, 6) is 0.928. The summed E-state index contributed by atoms with van der Waals surface area (Å²) < 4.78 is 0. The van der Waals surface area contributed by atoms with Gasteiger partial charge in [0.2, 0.25) is 0 Å². The molecule has 1 aromatic heterocycles. The van der Waals surface area contributed by atoms with Crippen molar-refractivity contribution < 1.29 is 0 Å². The Hall–Kier alpha value is -0.340. The summed E-state index contributed by atoms with van der Waals surface area (Å²) >= 11 is 1.86. The van der Waals surface area contributed by atoms with Crippen LogP contribution in [0.1, 0.15) is 49.9 Å². The normalized spacial score (nSPS) is 16.9. The van der Waals surface area contributed by atoms with Crippen molar-refractivity contribution in [1.29, 1.82) is 0 Å². The molecule has 132 valence electrons. The molecule has 1 fully saturated rings. The second-order valence-corrected chi connectivity index (χ2v) is 6.84. The van der Waals surface area contributed by atoms with E-state index >= 15 is 0 Å². The fraction of sp³-hybridized carbons (Fsp3) is 0.706. The molecular formula is C17H31IN4S. The second-order valence-electron chi connectivity index (χ2n) is 5.86. The van der Waals surface area contributed by atoms with Crippen molar-refractivity contribution >= 4 is 41.3 Å². The molecule has 2 rings (SSSR count). The zero-order valence-electron chi connectivity index (χ0n) is 14.4. The first-order valence-electron chi connectivity index (χ1n) is 8.57. The molecule has 4 nitrogen and oxygen atoms in total. The van der Waals surface area contributed by atoms with Crippen LogP contribution in [-0.2, 0) is 0 Å². The molecule has 1 atom stereocenters. The Kier molecular flexibility index (Phi) is 10.9. The van der Waals surface area contributed by atoms with Gasteiger partial charge < -0.3 is 10.6 Å². The maximum Gasteiger partial charge on any atom is 0.191 e. The van der Waals surface area contributed by atoms with Crippen LogP contribution < -0.4 is 10.6 Å². The minimum absolute atomic E-state index is 0. The monoisotopic (exact) mass is 450 g/mol. The zero-order valence-corrected chi connectivity index (χ0v) is 17.5. The minimum atomic E-state index is 0. The molecule has 1 aromatic rings. The maximum absolute atomic E-state index is 4.34.